The van der Waals surface area contributed by atoms with Gasteiger partial charge in [-0.3, -0.25) is 4.55 Å². The third kappa shape index (κ3) is 5.26. The van der Waals surface area contributed by atoms with Crippen molar-refractivity contribution in [3.8, 4) is 0 Å². The van der Waals surface area contributed by atoms with E-state index in [1.807, 2.05) is 0 Å². The summed E-state index contributed by atoms with van der Waals surface area (Å²) in [7, 11) is -7.89. The summed E-state index contributed by atoms with van der Waals surface area (Å²) in [5.41, 5.74) is 0. The van der Waals surface area contributed by atoms with Gasteiger partial charge in [-0.1, -0.05) is 0 Å². The van der Waals surface area contributed by atoms with E-state index in [0.29, 0.717) is 0 Å². The number of halogens is 17. The Labute approximate surface area is 247 Å². The summed E-state index contributed by atoms with van der Waals surface area (Å²) in [6.45, 7) is 0. The molecule has 0 amide bonds. The van der Waals surface area contributed by atoms with Gasteiger partial charge in [0.25, 0.3) is 0 Å². The van der Waals surface area contributed by atoms with E-state index in [0.717, 1.165) is 0 Å². The van der Waals surface area contributed by atoms with E-state index in [1.54, 1.807) is 0 Å². The van der Waals surface area contributed by atoms with Crippen LogP contribution in [0.25, 0.3) is 0 Å². The van der Waals surface area contributed by atoms with Crippen LogP contribution in [0.5, 0.6) is 0 Å². The van der Waals surface area contributed by atoms with Crippen molar-refractivity contribution in [3.05, 3.63) is 0 Å². The van der Waals surface area contributed by atoms with Crippen LogP contribution in [-0.2, 0) is 10.1 Å². The Morgan fingerprint density at radius 2 is 0.645 bits per heavy atom. The van der Waals surface area contributed by atoms with Crippen molar-refractivity contribution in [1.29, 1.82) is 0 Å². The number of hydrogen-bond donors (Lipinski definition) is 1. The molecule has 23 heteroatoms. The van der Waals surface area contributed by atoms with Crippen LogP contribution in [0.3, 0.4) is 0 Å². The SMILES string of the molecule is O=S(=O)(O)C(F)(F)C(F)(F)C(F)(F)C(F)(F)C(F)(F)C(F)(F)C(F)(F)C(F)(F)F.[H-].[H-].[K+].[K+]. The second-order valence-electron chi connectivity index (χ2n) is 4.94. The first-order valence-corrected chi connectivity index (χ1v) is 7.12. The average Bonchev–Trinajstić information content (AvgIpc) is 2.43. The van der Waals surface area contributed by atoms with Gasteiger partial charge < -0.3 is 2.85 Å². The van der Waals surface area contributed by atoms with Crippen LogP contribution in [0, 0.1) is 0 Å². The molecule has 0 aliphatic heterocycles. The Hall–Kier alpha value is 1.99. The normalized spacial score (nSPS) is 15.8. The summed E-state index contributed by atoms with van der Waals surface area (Å²) in [5, 5.41) is -7.84. The number of rotatable bonds is 7. The molecular formula is C8H3F17K2O3S. The molecule has 0 spiro atoms. The van der Waals surface area contributed by atoms with E-state index in [1.165, 1.54) is 0 Å². The summed E-state index contributed by atoms with van der Waals surface area (Å²) >= 11 is 0. The number of hydrogen-bond acceptors (Lipinski definition) is 2. The van der Waals surface area contributed by atoms with Gasteiger partial charge in [0.15, 0.2) is 0 Å². The molecule has 180 valence electrons. The zero-order valence-corrected chi connectivity index (χ0v) is 21.2. The molecule has 0 rings (SSSR count). The smallest absolute Gasteiger partial charge is 1.00 e. The first-order chi connectivity index (χ1) is 12.0. The van der Waals surface area contributed by atoms with E-state index in [4.69, 9.17) is 4.55 Å². The standard InChI is InChI=1S/C8HF17O3S.2K.2H/c9-1(10,3(13,14)5(17,18)7(21,22)23)2(11,12)4(15,16)6(19,20)8(24,25)29(26,27)28;;;;/h(H,26,27,28);;;;/q;2*+1;2*-1. The van der Waals surface area contributed by atoms with E-state index in [-0.39, 0.29) is 106 Å². The van der Waals surface area contributed by atoms with Gasteiger partial charge in [0.1, 0.15) is 0 Å². The summed E-state index contributed by atoms with van der Waals surface area (Å²) in [4.78, 5) is 0. The summed E-state index contributed by atoms with van der Waals surface area (Å²) in [5.74, 6) is -52.0. The third-order valence-electron chi connectivity index (χ3n) is 3.02. The maximum atomic E-state index is 13.0. The maximum absolute atomic E-state index is 13.0. The monoisotopic (exact) mass is 580 g/mol. The van der Waals surface area contributed by atoms with Crippen LogP contribution < -0.4 is 103 Å². The Kier molecular flexibility index (Phi) is 11.9. The maximum Gasteiger partial charge on any atom is 1.00 e. The minimum absolute atomic E-state index is 0. The molecule has 0 aliphatic rings. The van der Waals surface area contributed by atoms with Crippen LogP contribution in [0.4, 0.5) is 74.6 Å². The van der Waals surface area contributed by atoms with Crippen LogP contribution in [0.2, 0.25) is 0 Å². The molecular weight excluding hydrogens is 577 g/mol. The van der Waals surface area contributed by atoms with Gasteiger partial charge >= 0.3 is 160 Å². The summed E-state index contributed by atoms with van der Waals surface area (Å²) < 4.78 is 242. The minimum Gasteiger partial charge on any atom is -1.00 e. The van der Waals surface area contributed by atoms with E-state index in [9.17, 15) is 83.1 Å². The predicted molar refractivity (Wildman–Crippen MR) is 54.5 cm³/mol. The Morgan fingerprint density at radius 1 is 0.452 bits per heavy atom. The zero-order chi connectivity index (χ0) is 24.5. The molecule has 0 saturated carbocycles. The van der Waals surface area contributed by atoms with Gasteiger partial charge in [-0.25, -0.2) is 0 Å². The largest absolute Gasteiger partial charge is 1.00 e. The average molecular weight is 580 g/mol. The third-order valence-corrected chi connectivity index (χ3v) is 3.92. The van der Waals surface area contributed by atoms with E-state index >= 15 is 0 Å². The topological polar surface area (TPSA) is 54.4 Å². The second-order valence-corrected chi connectivity index (χ2v) is 6.40. The number of alkyl halides is 17. The molecule has 0 aromatic heterocycles. The first-order valence-electron chi connectivity index (χ1n) is 5.68. The van der Waals surface area contributed by atoms with Crippen molar-refractivity contribution in [1.82, 2.24) is 0 Å². The second kappa shape index (κ2) is 9.80. The fourth-order valence-corrected chi connectivity index (χ4v) is 1.76. The first kappa shape index (κ1) is 37.5. The minimum atomic E-state index is -8.89. The van der Waals surface area contributed by atoms with Gasteiger partial charge in [0.2, 0.25) is 0 Å². The predicted octanol–water partition coefficient (Wildman–Crippen LogP) is -0.926. The Morgan fingerprint density at radius 3 is 0.839 bits per heavy atom. The van der Waals surface area contributed by atoms with Gasteiger partial charge in [-0.2, -0.15) is 83.1 Å². The van der Waals surface area contributed by atoms with Gasteiger partial charge in [0, 0.05) is 0 Å². The molecule has 0 aromatic rings. The summed E-state index contributed by atoms with van der Waals surface area (Å²) in [6, 6.07) is 0. The fourth-order valence-electron chi connectivity index (χ4n) is 1.31. The van der Waals surface area contributed by atoms with E-state index in [2.05, 4.69) is 0 Å². The quantitative estimate of drug-likeness (QED) is 0.241. The van der Waals surface area contributed by atoms with Crippen molar-refractivity contribution in [2.24, 2.45) is 0 Å². The molecule has 0 saturated heterocycles. The summed E-state index contributed by atoms with van der Waals surface area (Å²) in [6.07, 6.45) is -7.88. The fraction of sp³-hybridized carbons (Fsp3) is 1.00. The Bertz CT molecular complexity index is 754. The van der Waals surface area contributed by atoms with Crippen LogP contribution in [-0.4, -0.2) is 59.9 Å². The van der Waals surface area contributed by atoms with Gasteiger partial charge in [-0.15, -0.1) is 0 Å². The molecule has 0 aromatic carbocycles. The molecule has 3 nitrogen and oxygen atoms in total. The van der Waals surface area contributed by atoms with Gasteiger partial charge in [-0.05, 0) is 0 Å². The van der Waals surface area contributed by atoms with Crippen LogP contribution >= 0.6 is 0 Å². The zero-order valence-electron chi connectivity index (χ0n) is 16.1. The van der Waals surface area contributed by atoms with Crippen molar-refractivity contribution >= 4 is 10.1 Å². The molecule has 0 fully saturated rings. The Balaban J connectivity index is -0.000000653. The van der Waals surface area contributed by atoms with Crippen molar-refractivity contribution < 1.29 is 193 Å². The molecule has 0 heterocycles. The molecule has 31 heavy (non-hydrogen) atoms. The van der Waals surface area contributed by atoms with Crippen molar-refractivity contribution in [2.45, 2.75) is 47.0 Å². The van der Waals surface area contributed by atoms with E-state index < -0.39 is 57.1 Å². The molecule has 0 aliphatic carbocycles. The van der Waals surface area contributed by atoms with Gasteiger partial charge in [0.05, 0.1) is 0 Å². The molecule has 0 bridgehead atoms. The van der Waals surface area contributed by atoms with Crippen molar-refractivity contribution in [3.63, 3.8) is 0 Å². The molecule has 1 N–H and O–H groups in total. The van der Waals surface area contributed by atoms with Crippen LogP contribution in [0.1, 0.15) is 2.85 Å². The van der Waals surface area contributed by atoms with Crippen molar-refractivity contribution in [2.75, 3.05) is 0 Å². The molecule has 0 unspecified atom stereocenters. The molecule has 0 radical (unpaired) electrons. The molecule has 0 atom stereocenters. The van der Waals surface area contributed by atoms with Crippen LogP contribution in [0.15, 0.2) is 0 Å².